The monoisotopic (exact) mass is 420 g/mol. The van der Waals surface area contributed by atoms with E-state index in [9.17, 15) is 18.0 Å². The Hall–Kier alpha value is -3.07. The number of fused-ring (bicyclic) bond motifs is 1. The summed E-state index contributed by atoms with van der Waals surface area (Å²) >= 11 is 1.27. The lowest BCUT2D eigenvalue weighted by Crippen LogP contribution is -2.17. The SMILES string of the molecule is O=C(Cc1csc(-c2ccc(C(F)(F)F)cc2)n1)Nc1ccc2c(c1)OCCO2. The smallest absolute Gasteiger partial charge is 0.416 e. The zero-order chi connectivity index (χ0) is 20.4. The predicted molar refractivity (Wildman–Crippen MR) is 102 cm³/mol. The minimum absolute atomic E-state index is 0.0472. The summed E-state index contributed by atoms with van der Waals surface area (Å²) in [6, 6.07) is 9.94. The van der Waals surface area contributed by atoms with Gasteiger partial charge in [-0.15, -0.1) is 11.3 Å². The summed E-state index contributed by atoms with van der Waals surface area (Å²) in [7, 11) is 0. The van der Waals surface area contributed by atoms with E-state index in [1.54, 1.807) is 23.6 Å². The maximum atomic E-state index is 12.7. The summed E-state index contributed by atoms with van der Waals surface area (Å²) in [5, 5.41) is 5.05. The van der Waals surface area contributed by atoms with Crippen LogP contribution in [0.4, 0.5) is 18.9 Å². The first-order valence-corrected chi connectivity index (χ1v) is 9.58. The van der Waals surface area contributed by atoms with Crippen molar-refractivity contribution in [3.05, 3.63) is 59.1 Å². The molecule has 2 heterocycles. The molecule has 0 saturated carbocycles. The number of carbonyl (C=O) groups is 1. The third-order valence-corrected chi connectivity index (χ3v) is 5.12. The number of rotatable bonds is 4. The fraction of sp³-hybridized carbons (Fsp3) is 0.200. The van der Waals surface area contributed by atoms with Crippen LogP contribution in [0.3, 0.4) is 0 Å². The van der Waals surface area contributed by atoms with Gasteiger partial charge in [-0.25, -0.2) is 4.98 Å². The zero-order valence-corrected chi connectivity index (χ0v) is 15.8. The number of halogens is 3. The van der Waals surface area contributed by atoms with Gasteiger partial charge in [0, 0.05) is 22.7 Å². The molecule has 1 aromatic heterocycles. The third kappa shape index (κ3) is 4.51. The van der Waals surface area contributed by atoms with E-state index >= 15 is 0 Å². The highest BCUT2D eigenvalue weighted by Gasteiger charge is 2.30. The molecule has 3 aromatic rings. The van der Waals surface area contributed by atoms with Gasteiger partial charge in [0.25, 0.3) is 0 Å². The average Bonchev–Trinajstić information content (AvgIpc) is 3.15. The molecule has 1 aliphatic rings. The molecular weight excluding hydrogens is 405 g/mol. The number of amides is 1. The van der Waals surface area contributed by atoms with Crippen LogP contribution >= 0.6 is 11.3 Å². The molecule has 4 rings (SSSR count). The molecule has 0 atom stereocenters. The Kier molecular flexibility index (Phi) is 5.14. The fourth-order valence-corrected chi connectivity index (χ4v) is 3.64. The van der Waals surface area contributed by atoms with Gasteiger partial charge >= 0.3 is 6.18 Å². The predicted octanol–water partition coefficient (Wildman–Crippen LogP) is 4.78. The number of nitrogens with one attached hydrogen (secondary N) is 1. The lowest BCUT2D eigenvalue weighted by Gasteiger charge is -2.18. The van der Waals surface area contributed by atoms with Crippen LogP contribution in [-0.2, 0) is 17.4 Å². The first-order chi connectivity index (χ1) is 13.9. The second-order valence-corrected chi connectivity index (χ2v) is 7.16. The molecule has 150 valence electrons. The van der Waals surface area contributed by atoms with Crippen molar-refractivity contribution in [2.45, 2.75) is 12.6 Å². The van der Waals surface area contributed by atoms with Crippen LogP contribution in [0.25, 0.3) is 10.6 Å². The second-order valence-electron chi connectivity index (χ2n) is 6.30. The van der Waals surface area contributed by atoms with Gasteiger partial charge in [-0.2, -0.15) is 13.2 Å². The Morgan fingerprint density at radius 2 is 1.79 bits per heavy atom. The number of hydrogen-bond acceptors (Lipinski definition) is 5. The second kappa shape index (κ2) is 7.75. The van der Waals surface area contributed by atoms with E-state index in [1.165, 1.54) is 23.5 Å². The Morgan fingerprint density at radius 1 is 1.07 bits per heavy atom. The first kappa shape index (κ1) is 19.3. The molecule has 0 unspecified atom stereocenters. The molecule has 1 aliphatic heterocycles. The molecule has 9 heteroatoms. The number of thiazole rings is 1. The van der Waals surface area contributed by atoms with Crippen molar-refractivity contribution < 1.29 is 27.4 Å². The van der Waals surface area contributed by atoms with Gasteiger partial charge in [0.15, 0.2) is 11.5 Å². The normalized spacial score (nSPS) is 13.2. The number of aromatic nitrogens is 1. The van der Waals surface area contributed by atoms with Crippen LogP contribution in [-0.4, -0.2) is 24.1 Å². The molecular formula is C20H15F3N2O3S. The van der Waals surface area contributed by atoms with Crippen molar-refractivity contribution in [3.8, 4) is 22.1 Å². The lowest BCUT2D eigenvalue weighted by atomic mass is 10.1. The van der Waals surface area contributed by atoms with Crippen LogP contribution in [0, 0.1) is 0 Å². The van der Waals surface area contributed by atoms with Crippen molar-refractivity contribution in [1.29, 1.82) is 0 Å². The van der Waals surface area contributed by atoms with E-state index in [-0.39, 0.29) is 12.3 Å². The van der Waals surface area contributed by atoms with Crippen molar-refractivity contribution >= 4 is 22.9 Å². The summed E-state index contributed by atoms with van der Waals surface area (Å²) in [6.07, 6.45) is -4.33. The Bertz CT molecular complexity index is 1030. The van der Waals surface area contributed by atoms with Gasteiger partial charge in [0.2, 0.25) is 5.91 Å². The maximum Gasteiger partial charge on any atom is 0.416 e. The molecule has 1 amide bonds. The third-order valence-electron chi connectivity index (χ3n) is 4.18. The Balaban J connectivity index is 1.40. The summed E-state index contributed by atoms with van der Waals surface area (Å²) in [5.41, 5.74) is 0.982. The Morgan fingerprint density at radius 3 is 2.52 bits per heavy atom. The quantitative estimate of drug-likeness (QED) is 0.660. The number of anilines is 1. The molecule has 29 heavy (non-hydrogen) atoms. The van der Waals surface area contributed by atoms with Gasteiger partial charge in [-0.3, -0.25) is 4.79 Å². The molecule has 0 fully saturated rings. The number of nitrogens with zero attached hydrogens (tertiary/aromatic N) is 1. The highest BCUT2D eigenvalue weighted by molar-refractivity contribution is 7.13. The van der Waals surface area contributed by atoms with Crippen molar-refractivity contribution in [2.75, 3.05) is 18.5 Å². The van der Waals surface area contributed by atoms with Crippen LogP contribution in [0.2, 0.25) is 0 Å². The van der Waals surface area contributed by atoms with Crippen LogP contribution in [0.5, 0.6) is 11.5 Å². The van der Waals surface area contributed by atoms with E-state index < -0.39 is 11.7 Å². The number of carbonyl (C=O) groups excluding carboxylic acids is 1. The van der Waals surface area contributed by atoms with E-state index in [4.69, 9.17) is 9.47 Å². The zero-order valence-electron chi connectivity index (χ0n) is 15.0. The molecule has 0 aliphatic carbocycles. The molecule has 0 spiro atoms. The molecule has 1 N–H and O–H groups in total. The number of ether oxygens (including phenoxy) is 2. The molecule has 0 bridgehead atoms. The number of benzene rings is 2. The average molecular weight is 420 g/mol. The Labute approximate surface area is 168 Å². The molecule has 2 aromatic carbocycles. The highest BCUT2D eigenvalue weighted by Crippen LogP contribution is 2.33. The van der Waals surface area contributed by atoms with E-state index in [2.05, 4.69) is 10.3 Å². The standard InChI is InChI=1S/C20H15F3N2O3S/c21-20(22,23)13-3-1-12(2-4-13)19-25-15(11-29-19)10-18(26)24-14-5-6-16-17(9-14)28-8-7-27-16/h1-6,9,11H,7-8,10H2,(H,24,26). The molecule has 5 nitrogen and oxygen atoms in total. The highest BCUT2D eigenvalue weighted by atomic mass is 32.1. The summed E-state index contributed by atoms with van der Waals surface area (Å²) in [4.78, 5) is 16.7. The number of alkyl halides is 3. The van der Waals surface area contributed by atoms with Gasteiger partial charge in [-0.05, 0) is 24.3 Å². The van der Waals surface area contributed by atoms with Gasteiger partial charge in [0.1, 0.15) is 18.2 Å². The molecule has 0 saturated heterocycles. The largest absolute Gasteiger partial charge is 0.486 e. The maximum absolute atomic E-state index is 12.7. The van der Waals surface area contributed by atoms with Gasteiger partial charge < -0.3 is 14.8 Å². The number of hydrogen-bond donors (Lipinski definition) is 1. The van der Waals surface area contributed by atoms with E-state index in [0.29, 0.717) is 46.7 Å². The van der Waals surface area contributed by atoms with Crippen molar-refractivity contribution in [2.24, 2.45) is 0 Å². The van der Waals surface area contributed by atoms with E-state index in [1.807, 2.05) is 0 Å². The summed E-state index contributed by atoms with van der Waals surface area (Å²) in [5.74, 6) is 0.952. The molecule has 0 radical (unpaired) electrons. The van der Waals surface area contributed by atoms with Crippen LogP contribution in [0.15, 0.2) is 47.8 Å². The minimum Gasteiger partial charge on any atom is -0.486 e. The summed E-state index contributed by atoms with van der Waals surface area (Å²) in [6.45, 7) is 0.944. The van der Waals surface area contributed by atoms with Crippen molar-refractivity contribution in [1.82, 2.24) is 4.98 Å². The van der Waals surface area contributed by atoms with Crippen LogP contribution in [0.1, 0.15) is 11.3 Å². The minimum atomic E-state index is -4.38. The lowest BCUT2D eigenvalue weighted by molar-refractivity contribution is -0.137. The topological polar surface area (TPSA) is 60.5 Å². The van der Waals surface area contributed by atoms with Crippen molar-refractivity contribution in [3.63, 3.8) is 0 Å². The van der Waals surface area contributed by atoms with Gasteiger partial charge in [0.05, 0.1) is 17.7 Å². The fourth-order valence-electron chi connectivity index (χ4n) is 2.81. The van der Waals surface area contributed by atoms with Gasteiger partial charge in [-0.1, -0.05) is 12.1 Å². The summed E-state index contributed by atoms with van der Waals surface area (Å²) < 4.78 is 48.9. The van der Waals surface area contributed by atoms with Crippen LogP contribution < -0.4 is 14.8 Å². The van der Waals surface area contributed by atoms with E-state index in [0.717, 1.165) is 12.1 Å². The first-order valence-electron chi connectivity index (χ1n) is 8.70.